The molecule has 0 bridgehead atoms. The first-order chi connectivity index (χ1) is 11.9. The van der Waals surface area contributed by atoms with Gasteiger partial charge in [-0.3, -0.25) is 4.79 Å². The van der Waals surface area contributed by atoms with Gasteiger partial charge < -0.3 is 10.6 Å². The number of nitrogens with one attached hydrogen (secondary N) is 2. The van der Waals surface area contributed by atoms with Crippen LogP contribution in [0, 0.1) is 0 Å². The summed E-state index contributed by atoms with van der Waals surface area (Å²) >= 11 is 0. The Morgan fingerprint density at radius 2 is 1.84 bits per heavy atom. The number of amides is 1. The van der Waals surface area contributed by atoms with E-state index in [2.05, 4.69) is 20.6 Å². The molecule has 25 heavy (non-hydrogen) atoms. The fourth-order valence-electron chi connectivity index (χ4n) is 2.62. The van der Waals surface area contributed by atoms with E-state index in [1.165, 1.54) is 24.5 Å². The van der Waals surface area contributed by atoms with E-state index in [1.807, 2.05) is 0 Å². The number of aromatic nitrogens is 2. The fourth-order valence-corrected chi connectivity index (χ4v) is 2.62. The Morgan fingerprint density at radius 3 is 2.40 bits per heavy atom. The molecule has 1 amide bonds. The molecule has 2 N–H and O–H groups in total. The van der Waals surface area contributed by atoms with E-state index in [9.17, 15) is 18.0 Å². The highest BCUT2D eigenvalue weighted by atomic mass is 19.4. The quantitative estimate of drug-likeness (QED) is 0.870. The minimum Gasteiger partial charge on any atom is -0.349 e. The first-order valence-electron chi connectivity index (χ1n) is 7.82. The molecule has 1 saturated carbocycles. The van der Waals surface area contributed by atoms with Gasteiger partial charge in [-0.15, -0.1) is 0 Å². The molecule has 132 valence electrons. The molecule has 1 aromatic heterocycles. The predicted octanol–water partition coefficient (Wildman–Crippen LogP) is 2.50. The summed E-state index contributed by atoms with van der Waals surface area (Å²) in [5.74, 6) is 0.347. The molecule has 1 fully saturated rings. The SMILES string of the molecule is CNCc1ncc(C(=O)N[C@@H]2C[C@H]2c2ccc(C(F)(F)F)cc2)cn1. The Kier molecular flexibility index (Phi) is 4.71. The topological polar surface area (TPSA) is 66.9 Å². The molecule has 0 unspecified atom stereocenters. The van der Waals surface area contributed by atoms with Crippen molar-refractivity contribution in [3.8, 4) is 0 Å². The standard InChI is InChI=1S/C17H17F3N4O/c1-21-9-15-22-7-11(8-23-15)16(25)24-14-6-13(14)10-2-4-12(5-3-10)17(18,19)20/h2-5,7-8,13-14,21H,6,9H2,1H3,(H,24,25)/t13-,14+/m0/s1. The number of rotatable bonds is 5. The van der Waals surface area contributed by atoms with Crippen LogP contribution >= 0.6 is 0 Å². The number of nitrogens with zero attached hydrogens (tertiary/aromatic N) is 2. The number of carbonyl (C=O) groups is 1. The van der Waals surface area contributed by atoms with Crippen LogP contribution in [-0.2, 0) is 12.7 Å². The minimum atomic E-state index is -4.34. The van der Waals surface area contributed by atoms with Crippen LogP contribution in [0.5, 0.6) is 0 Å². The monoisotopic (exact) mass is 350 g/mol. The molecule has 1 aromatic carbocycles. The molecule has 5 nitrogen and oxygen atoms in total. The van der Waals surface area contributed by atoms with Crippen LogP contribution in [0.2, 0.25) is 0 Å². The van der Waals surface area contributed by atoms with E-state index in [0.717, 1.165) is 17.7 Å². The highest BCUT2D eigenvalue weighted by molar-refractivity contribution is 5.94. The number of carbonyl (C=O) groups excluding carboxylic acids is 1. The van der Waals surface area contributed by atoms with Gasteiger partial charge in [-0.1, -0.05) is 12.1 Å². The zero-order valence-electron chi connectivity index (χ0n) is 13.5. The van der Waals surface area contributed by atoms with E-state index in [0.29, 0.717) is 24.4 Å². The van der Waals surface area contributed by atoms with E-state index >= 15 is 0 Å². The average molecular weight is 350 g/mol. The van der Waals surface area contributed by atoms with Crippen molar-refractivity contribution in [2.24, 2.45) is 0 Å². The second-order valence-corrected chi connectivity index (χ2v) is 5.96. The highest BCUT2D eigenvalue weighted by Gasteiger charge is 2.40. The van der Waals surface area contributed by atoms with Crippen molar-refractivity contribution in [2.45, 2.75) is 31.1 Å². The molecule has 1 aliphatic carbocycles. The molecule has 0 saturated heterocycles. The smallest absolute Gasteiger partial charge is 0.349 e. The normalized spacial score (nSPS) is 19.5. The first kappa shape index (κ1) is 17.3. The van der Waals surface area contributed by atoms with Gasteiger partial charge in [0, 0.05) is 24.4 Å². The number of hydrogen-bond donors (Lipinski definition) is 2. The Hall–Kier alpha value is -2.48. The maximum absolute atomic E-state index is 12.6. The second-order valence-electron chi connectivity index (χ2n) is 5.96. The fraction of sp³-hybridized carbons (Fsp3) is 0.353. The van der Waals surface area contributed by atoms with Crippen LogP contribution in [-0.4, -0.2) is 29.0 Å². The first-order valence-corrected chi connectivity index (χ1v) is 7.82. The summed E-state index contributed by atoms with van der Waals surface area (Å²) in [5.41, 5.74) is 0.480. The third-order valence-corrected chi connectivity index (χ3v) is 4.08. The van der Waals surface area contributed by atoms with E-state index in [4.69, 9.17) is 0 Å². The average Bonchev–Trinajstić information content (AvgIpc) is 3.34. The Bertz CT molecular complexity index is 744. The summed E-state index contributed by atoms with van der Waals surface area (Å²) in [5, 5.41) is 5.77. The molecule has 0 spiro atoms. The largest absolute Gasteiger partial charge is 0.416 e. The van der Waals surface area contributed by atoms with Crippen molar-refractivity contribution < 1.29 is 18.0 Å². The van der Waals surface area contributed by atoms with Gasteiger partial charge in [-0.05, 0) is 31.2 Å². The summed E-state index contributed by atoms with van der Waals surface area (Å²) in [6.07, 6.45) is -0.708. The second kappa shape index (κ2) is 6.79. The Balaban J connectivity index is 1.57. The zero-order chi connectivity index (χ0) is 18.0. The van der Waals surface area contributed by atoms with Crippen LogP contribution in [0.1, 0.15) is 39.6 Å². The Morgan fingerprint density at radius 1 is 1.20 bits per heavy atom. The number of halogens is 3. The van der Waals surface area contributed by atoms with Crippen molar-refractivity contribution >= 4 is 5.91 Å². The lowest BCUT2D eigenvalue weighted by atomic mass is 10.1. The molecule has 2 atom stereocenters. The minimum absolute atomic E-state index is 0.0377. The van der Waals surface area contributed by atoms with E-state index < -0.39 is 11.7 Å². The third-order valence-electron chi connectivity index (χ3n) is 4.08. The van der Waals surface area contributed by atoms with E-state index in [1.54, 1.807) is 7.05 Å². The number of alkyl halides is 3. The van der Waals surface area contributed by atoms with Crippen molar-refractivity contribution in [1.82, 2.24) is 20.6 Å². The molecular formula is C17H17F3N4O. The molecular weight excluding hydrogens is 333 g/mol. The molecule has 3 rings (SSSR count). The van der Waals surface area contributed by atoms with Crippen molar-refractivity contribution in [3.05, 3.63) is 59.2 Å². The van der Waals surface area contributed by atoms with E-state index in [-0.39, 0.29) is 17.9 Å². The summed E-state index contributed by atoms with van der Waals surface area (Å²) in [6.45, 7) is 0.514. The third kappa shape index (κ3) is 4.14. The van der Waals surface area contributed by atoms with Gasteiger partial charge in [0.1, 0.15) is 5.82 Å². The van der Waals surface area contributed by atoms with Gasteiger partial charge in [0.25, 0.3) is 5.91 Å². The van der Waals surface area contributed by atoms with Gasteiger partial charge >= 0.3 is 6.18 Å². The van der Waals surface area contributed by atoms with Crippen molar-refractivity contribution in [3.63, 3.8) is 0 Å². The van der Waals surface area contributed by atoms with Gasteiger partial charge in [-0.2, -0.15) is 13.2 Å². The van der Waals surface area contributed by atoms with Gasteiger partial charge in [-0.25, -0.2) is 9.97 Å². The van der Waals surface area contributed by atoms with Crippen molar-refractivity contribution in [1.29, 1.82) is 0 Å². The predicted molar refractivity (Wildman–Crippen MR) is 84.9 cm³/mol. The van der Waals surface area contributed by atoms with Gasteiger partial charge in [0.15, 0.2) is 0 Å². The van der Waals surface area contributed by atoms with Crippen LogP contribution < -0.4 is 10.6 Å². The lowest BCUT2D eigenvalue weighted by molar-refractivity contribution is -0.137. The lowest BCUT2D eigenvalue weighted by Gasteiger charge is -2.08. The van der Waals surface area contributed by atoms with Gasteiger partial charge in [0.05, 0.1) is 17.7 Å². The number of benzene rings is 1. The Labute approximate surface area is 142 Å². The van der Waals surface area contributed by atoms with Crippen molar-refractivity contribution in [2.75, 3.05) is 7.05 Å². The molecule has 8 heteroatoms. The number of hydrogen-bond acceptors (Lipinski definition) is 4. The molecule has 0 radical (unpaired) electrons. The van der Waals surface area contributed by atoms with Crippen LogP contribution in [0.3, 0.4) is 0 Å². The summed E-state index contributed by atoms with van der Waals surface area (Å²) < 4.78 is 37.7. The maximum atomic E-state index is 12.6. The highest BCUT2D eigenvalue weighted by Crippen LogP contribution is 2.41. The lowest BCUT2D eigenvalue weighted by Crippen LogP contribution is -2.27. The summed E-state index contributed by atoms with van der Waals surface area (Å²) in [7, 11) is 1.78. The van der Waals surface area contributed by atoms with Gasteiger partial charge in [0.2, 0.25) is 0 Å². The molecule has 0 aliphatic heterocycles. The van der Waals surface area contributed by atoms with Crippen LogP contribution in [0.15, 0.2) is 36.7 Å². The van der Waals surface area contributed by atoms with Crippen LogP contribution in [0.25, 0.3) is 0 Å². The molecule has 1 aliphatic rings. The molecule has 1 heterocycles. The molecule has 2 aromatic rings. The zero-order valence-corrected chi connectivity index (χ0v) is 13.5. The summed E-state index contributed by atoms with van der Waals surface area (Å²) in [4.78, 5) is 20.3. The maximum Gasteiger partial charge on any atom is 0.416 e. The summed E-state index contributed by atoms with van der Waals surface area (Å²) in [6, 6.07) is 4.99. The van der Waals surface area contributed by atoms with Crippen LogP contribution in [0.4, 0.5) is 13.2 Å².